The molecule has 1 aliphatic rings. The molecule has 4 aromatic rings. The zero-order chi connectivity index (χ0) is 30.3. The number of hydrogen-bond donors (Lipinski definition) is 1. The summed E-state index contributed by atoms with van der Waals surface area (Å²) in [6.07, 6.45) is -1.77. The van der Waals surface area contributed by atoms with Crippen molar-refractivity contribution in [3.8, 4) is 22.8 Å². The number of methoxy groups -OCH3 is 2. The molecule has 5 heterocycles. The molecule has 1 N–H and O–H groups in total. The van der Waals surface area contributed by atoms with E-state index < -0.39 is 35.6 Å². The van der Waals surface area contributed by atoms with Gasteiger partial charge in [0.15, 0.2) is 5.13 Å². The van der Waals surface area contributed by atoms with Gasteiger partial charge in [-0.05, 0) is 38.1 Å². The number of amides is 2. The molecule has 0 radical (unpaired) electrons. The molecule has 15 heteroatoms. The molecule has 5 rings (SSSR count). The molecule has 1 aliphatic heterocycles. The van der Waals surface area contributed by atoms with E-state index in [9.17, 15) is 22.8 Å². The summed E-state index contributed by atoms with van der Waals surface area (Å²) in [5.41, 5.74) is 1.31. The van der Waals surface area contributed by atoms with Crippen LogP contribution in [0, 0.1) is 6.92 Å². The van der Waals surface area contributed by atoms with Crippen LogP contribution in [-0.2, 0) is 12.7 Å². The fourth-order valence-electron chi connectivity index (χ4n) is 4.53. The van der Waals surface area contributed by atoms with Gasteiger partial charge in [-0.15, -0.1) is 0 Å². The Kier molecular flexibility index (Phi) is 7.77. The van der Waals surface area contributed by atoms with E-state index in [1.54, 1.807) is 26.0 Å². The van der Waals surface area contributed by atoms with Crippen LogP contribution < -0.4 is 14.8 Å². The van der Waals surface area contributed by atoms with Crippen LogP contribution >= 0.6 is 22.9 Å². The zero-order valence-electron chi connectivity index (χ0n) is 22.5. The summed E-state index contributed by atoms with van der Waals surface area (Å²) < 4.78 is 49.7. The second-order valence-corrected chi connectivity index (χ2v) is 10.6. The van der Waals surface area contributed by atoms with Crippen LogP contribution in [0.5, 0.6) is 11.6 Å². The lowest BCUT2D eigenvalue weighted by Crippen LogP contribution is -2.29. The number of thiazole rings is 1. The fraction of sp³-hybridized carbons (Fsp3) is 0.259. The number of hydrogen-bond acceptors (Lipinski definition) is 9. The Labute approximate surface area is 246 Å². The van der Waals surface area contributed by atoms with Gasteiger partial charge in [-0.2, -0.15) is 13.2 Å². The van der Waals surface area contributed by atoms with Crippen LogP contribution in [0.2, 0.25) is 5.15 Å². The first kappa shape index (κ1) is 29.2. The third-order valence-electron chi connectivity index (χ3n) is 6.58. The van der Waals surface area contributed by atoms with E-state index in [4.69, 9.17) is 21.1 Å². The molecule has 218 valence electrons. The molecule has 10 nitrogen and oxygen atoms in total. The predicted molar refractivity (Wildman–Crippen MR) is 148 cm³/mol. The van der Waals surface area contributed by atoms with Crippen molar-refractivity contribution in [1.29, 1.82) is 0 Å². The molecule has 0 aliphatic carbocycles. The average Bonchev–Trinajstić information content (AvgIpc) is 3.49. The zero-order valence-corrected chi connectivity index (χ0v) is 24.1. The molecule has 42 heavy (non-hydrogen) atoms. The number of nitrogens with zero attached hydrogens (tertiary/aromatic N) is 5. The van der Waals surface area contributed by atoms with Gasteiger partial charge in [-0.3, -0.25) is 19.9 Å². The number of aromatic nitrogens is 4. The smallest absolute Gasteiger partial charge is 0.433 e. The van der Waals surface area contributed by atoms with E-state index in [0.29, 0.717) is 33.4 Å². The van der Waals surface area contributed by atoms with Crippen molar-refractivity contribution >= 4 is 39.9 Å². The summed E-state index contributed by atoms with van der Waals surface area (Å²) >= 11 is 7.31. The van der Waals surface area contributed by atoms with Gasteiger partial charge in [0.25, 0.3) is 11.8 Å². The van der Waals surface area contributed by atoms with Gasteiger partial charge in [-0.1, -0.05) is 22.9 Å². The van der Waals surface area contributed by atoms with Gasteiger partial charge >= 0.3 is 6.18 Å². The Hall–Kier alpha value is -4.30. The normalized spacial score (nSPS) is 14.5. The summed E-state index contributed by atoms with van der Waals surface area (Å²) in [5.74, 6) is -1.03. The molecule has 0 saturated carbocycles. The van der Waals surface area contributed by atoms with Crippen molar-refractivity contribution in [3.63, 3.8) is 0 Å². The lowest BCUT2D eigenvalue weighted by atomic mass is 10.0. The van der Waals surface area contributed by atoms with Crippen molar-refractivity contribution in [2.75, 3.05) is 19.5 Å². The first-order valence-corrected chi connectivity index (χ1v) is 13.5. The maximum atomic E-state index is 13.4. The summed E-state index contributed by atoms with van der Waals surface area (Å²) in [7, 11) is 2.63. The molecular weight excluding hydrogens is 597 g/mol. The molecule has 0 fully saturated rings. The molecule has 0 aromatic carbocycles. The molecule has 0 spiro atoms. The van der Waals surface area contributed by atoms with Crippen LogP contribution in [0.25, 0.3) is 11.1 Å². The first-order chi connectivity index (χ1) is 19.9. The molecule has 4 aromatic heterocycles. The van der Waals surface area contributed by atoms with Crippen LogP contribution in [0.1, 0.15) is 55.6 Å². The van der Waals surface area contributed by atoms with Gasteiger partial charge in [0, 0.05) is 23.0 Å². The minimum atomic E-state index is -4.68. The summed E-state index contributed by atoms with van der Waals surface area (Å²) in [4.78, 5) is 45.1. The number of carbonyl (C=O) groups is 2. The summed E-state index contributed by atoms with van der Waals surface area (Å²) in [6, 6.07) is 4.65. The van der Waals surface area contributed by atoms with Gasteiger partial charge < -0.3 is 14.4 Å². The van der Waals surface area contributed by atoms with Crippen molar-refractivity contribution in [2.24, 2.45) is 0 Å². The highest BCUT2D eigenvalue weighted by atomic mass is 35.5. The van der Waals surface area contributed by atoms with E-state index in [0.717, 1.165) is 24.1 Å². The number of fused-ring (bicyclic) bond motifs is 1. The SMILES string of the molecule is COc1cnc(Cl)cc1-c1cc(C)ncc1C(=O)Nc1nc2c(s1)[C@H](C)N(C(=O)c1ccc(C(F)(F)F)nc1OC)C2. The van der Waals surface area contributed by atoms with Crippen molar-refractivity contribution in [2.45, 2.75) is 32.6 Å². The summed E-state index contributed by atoms with van der Waals surface area (Å²) in [5, 5.41) is 3.34. The Balaban J connectivity index is 1.37. The standard InChI is InChI=1S/C27H22ClF3N6O4S/c1-12-7-15(16-8-21(28)33-10-19(16)40-3)17(9-32-12)23(38)36-26-34-18-11-37(13(2)22(18)42-26)25(39)14-5-6-20(27(29,30)31)35-24(14)41-4/h5-10,13H,11H2,1-4H3,(H,34,36,38)/t13-/m0/s1. The number of rotatable bonds is 6. The van der Waals surface area contributed by atoms with Crippen molar-refractivity contribution in [3.05, 3.63) is 74.9 Å². The third kappa shape index (κ3) is 5.46. The monoisotopic (exact) mass is 618 g/mol. The number of pyridine rings is 3. The van der Waals surface area contributed by atoms with E-state index >= 15 is 0 Å². The number of aryl methyl sites for hydroxylation is 1. The highest BCUT2D eigenvalue weighted by Gasteiger charge is 2.38. The summed E-state index contributed by atoms with van der Waals surface area (Å²) in [6.45, 7) is 3.63. The first-order valence-electron chi connectivity index (χ1n) is 12.3. The van der Waals surface area contributed by atoms with Gasteiger partial charge in [0.05, 0.1) is 49.1 Å². The fourth-order valence-corrected chi connectivity index (χ4v) is 5.73. The minimum absolute atomic E-state index is 0.0793. The van der Waals surface area contributed by atoms with Gasteiger partial charge in [-0.25, -0.2) is 15.0 Å². The van der Waals surface area contributed by atoms with E-state index in [1.807, 2.05) is 0 Å². The second-order valence-electron chi connectivity index (χ2n) is 9.22. The Morgan fingerprint density at radius 1 is 1.07 bits per heavy atom. The number of nitrogens with one attached hydrogen (secondary N) is 1. The lowest BCUT2D eigenvalue weighted by molar-refractivity contribution is -0.141. The predicted octanol–water partition coefficient (Wildman–Crippen LogP) is 5.96. The van der Waals surface area contributed by atoms with E-state index in [1.165, 1.54) is 35.7 Å². The average molecular weight is 619 g/mol. The molecule has 2 amide bonds. The van der Waals surface area contributed by atoms with Crippen molar-refractivity contribution in [1.82, 2.24) is 24.8 Å². The van der Waals surface area contributed by atoms with E-state index in [2.05, 4.69) is 25.3 Å². The topological polar surface area (TPSA) is 119 Å². The lowest BCUT2D eigenvalue weighted by Gasteiger charge is -2.22. The quantitative estimate of drug-likeness (QED) is 0.263. The number of ether oxygens (including phenoxy) is 2. The highest BCUT2D eigenvalue weighted by Crippen LogP contribution is 2.41. The highest BCUT2D eigenvalue weighted by molar-refractivity contribution is 7.16. The minimum Gasteiger partial charge on any atom is -0.494 e. The third-order valence-corrected chi connectivity index (χ3v) is 7.97. The maximum Gasteiger partial charge on any atom is 0.433 e. The van der Waals surface area contributed by atoms with Crippen LogP contribution in [0.4, 0.5) is 18.3 Å². The molecule has 1 atom stereocenters. The van der Waals surface area contributed by atoms with Crippen LogP contribution in [0.3, 0.4) is 0 Å². The van der Waals surface area contributed by atoms with Crippen molar-refractivity contribution < 1.29 is 32.2 Å². The Morgan fingerprint density at radius 2 is 1.83 bits per heavy atom. The van der Waals surface area contributed by atoms with Crippen LogP contribution in [-0.4, -0.2) is 50.9 Å². The Morgan fingerprint density at radius 3 is 2.50 bits per heavy atom. The molecule has 0 bridgehead atoms. The molecular formula is C27H22ClF3N6O4S. The van der Waals surface area contributed by atoms with E-state index in [-0.39, 0.29) is 22.8 Å². The largest absolute Gasteiger partial charge is 0.494 e. The number of carbonyl (C=O) groups excluding carboxylic acids is 2. The number of halogens is 4. The Bertz CT molecular complexity index is 1710. The number of alkyl halides is 3. The second kappa shape index (κ2) is 11.2. The maximum absolute atomic E-state index is 13.4. The van der Waals surface area contributed by atoms with Gasteiger partial charge in [0.2, 0.25) is 5.88 Å². The number of anilines is 1. The molecule has 0 saturated heterocycles. The van der Waals surface area contributed by atoms with Crippen LogP contribution in [0.15, 0.2) is 36.7 Å². The molecule has 0 unspecified atom stereocenters. The van der Waals surface area contributed by atoms with Gasteiger partial charge in [0.1, 0.15) is 22.2 Å².